The first kappa shape index (κ1) is 39.2. The van der Waals surface area contributed by atoms with E-state index in [2.05, 4.69) is 6.92 Å². The molecule has 7 nitrogen and oxygen atoms in total. The van der Waals surface area contributed by atoms with E-state index < -0.39 is 12.2 Å². The molecule has 0 aromatic heterocycles. The molecule has 7 heteroatoms. The number of ether oxygens (including phenoxy) is 2. The van der Waals surface area contributed by atoms with E-state index >= 15 is 0 Å². The monoisotopic (exact) mass is 624 g/mol. The van der Waals surface area contributed by atoms with Crippen LogP contribution in [0.1, 0.15) is 181 Å². The summed E-state index contributed by atoms with van der Waals surface area (Å²) in [7, 11) is 0. The fourth-order valence-corrected chi connectivity index (χ4v) is 7.04. The zero-order valence-corrected chi connectivity index (χ0v) is 28.4. The number of Topliss-reactive ketones (excluding diaryl/α,β-unsaturated/α-hetero) is 1. The van der Waals surface area contributed by atoms with Crippen molar-refractivity contribution in [2.75, 3.05) is 0 Å². The number of hydrogen-bond donors (Lipinski definition) is 3. The molecule has 0 aromatic rings. The van der Waals surface area contributed by atoms with Crippen LogP contribution in [0.5, 0.6) is 0 Å². The maximum absolute atomic E-state index is 11.8. The van der Waals surface area contributed by atoms with E-state index in [0.29, 0.717) is 12.8 Å². The van der Waals surface area contributed by atoms with Crippen LogP contribution >= 0.6 is 0 Å². The third-order valence-electron chi connectivity index (χ3n) is 9.85. The molecule has 2 fully saturated rings. The van der Waals surface area contributed by atoms with Gasteiger partial charge in [-0.15, -0.1) is 0 Å². The van der Waals surface area contributed by atoms with Crippen molar-refractivity contribution in [3.8, 4) is 0 Å². The topological polar surface area (TPSA) is 113 Å². The number of aliphatic hydroxyl groups is 3. The minimum absolute atomic E-state index is 0.0393. The Hall–Kier alpha value is -1.02. The lowest BCUT2D eigenvalue weighted by Crippen LogP contribution is -2.31. The van der Waals surface area contributed by atoms with Gasteiger partial charge in [0.2, 0.25) is 0 Å². The first-order chi connectivity index (χ1) is 21.3. The highest BCUT2D eigenvalue weighted by Crippen LogP contribution is 2.29. The van der Waals surface area contributed by atoms with Gasteiger partial charge in [0.15, 0.2) is 0 Å². The molecule has 2 rings (SSSR count). The molecule has 0 aliphatic carbocycles. The fraction of sp³-hybridized carbons (Fsp3) is 0.946. The Kier molecular flexibility index (Phi) is 21.5. The van der Waals surface area contributed by atoms with Gasteiger partial charge in [-0.05, 0) is 64.7 Å². The summed E-state index contributed by atoms with van der Waals surface area (Å²) in [5, 5.41) is 31.6. The van der Waals surface area contributed by atoms with Crippen LogP contribution in [0.25, 0.3) is 0 Å². The third-order valence-corrected chi connectivity index (χ3v) is 9.85. The molecule has 44 heavy (non-hydrogen) atoms. The van der Waals surface area contributed by atoms with Crippen LogP contribution in [-0.4, -0.2) is 63.7 Å². The molecule has 0 bridgehead atoms. The Labute approximate surface area is 269 Å². The van der Waals surface area contributed by atoms with E-state index in [4.69, 9.17) is 9.47 Å². The van der Waals surface area contributed by atoms with Crippen LogP contribution in [0.4, 0.5) is 0 Å². The normalized spacial score (nSPS) is 24.0. The van der Waals surface area contributed by atoms with Crippen LogP contribution in [-0.2, 0) is 19.1 Å². The first-order valence-corrected chi connectivity index (χ1v) is 18.7. The highest BCUT2D eigenvalue weighted by Gasteiger charge is 2.35. The van der Waals surface area contributed by atoms with Crippen molar-refractivity contribution in [1.29, 1.82) is 0 Å². The van der Waals surface area contributed by atoms with Crippen molar-refractivity contribution in [2.24, 2.45) is 5.92 Å². The van der Waals surface area contributed by atoms with Gasteiger partial charge in [-0.25, -0.2) is 0 Å². The predicted octanol–water partition coefficient (Wildman–Crippen LogP) is 8.13. The number of cyclic esters (lactones) is 1. The third kappa shape index (κ3) is 17.6. The van der Waals surface area contributed by atoms with Crippen molar-refractivity contribution in [2.45, 2.75) is 217 Å². The van der Waals surface area contributed by atoms with E-state index in [1.165, 1.54) is 64.7 Å². The van der Waals surface area contributed by atoms with E-state index in [0.717, 1.165) is 96.3 Å². The van der Waals surface area contributed by atoms with Crippen molar-refractivity contribution in [1.82, 2.24) is 0 Å². The lowest BCUT2D eigenvalue weighted by Gasteiger charge is -2.22. The Morgan fingerprint density at radius 3 is 1.66 bits per heavy atom. The van der Waals surface area contributed by atoms with E-state index in [9.17, 15) is 24.9 Å². The molecule has 258 valence electrons. The molecule has 2 heterocycles. The van der Waals surface area contributed by atoms with Crippen LogP contribution in [0.3, 0.4) is 0 Å². The van der Waals surface area contributed by atoms with Gasteiger partial charge in [0.1, 0.15) is 11.9 Å². The molecule has 0 saturated carbocycles. The first-order valence-electron chi connectivity index (χ1n) is 18.7. The van der Waals surface area contributed by atoms with Gasteiger partial charge in [0.05, 0.1) is 36.4 Å². The van der Waals surface area contributed by atoms with Gasteiger partial charge >= 0.3 is 5.97 Å². The molecule has 0 spiro atoms. The number of carbonyl (C=O) groups is 2. The van der Waals surface area contributed by atoms with Crippen LogP contribution in [0, 0.1) is 5.92 Å². The largest absolute Gasteiger partial charge is 0.462 e. The summed E-state index contributed by atoms with van der Waals surface area (Å²) in [6.07, 6.45) is 25.2. The Morgan fingerprint density at radius 2 is 1.16 bits per heavy atom. The van der Waals surface area contributed by atoms with Crippen LogP contribution < -0.4 is 0 Å². The lowest BCUT2D eigenvalue weighted by atomic mass is 9.96. The quantitative estimate of drug-likeness (QED) is 0.0595. The number of hydrogen-bond acceptors (Lipinski definition) is 7. The molecule has 2 aliphatic rings. The highest BCUT2D eigenvalue weighted by molar-refractivity contribution is 5.83. The number of aliphatic hydroxyl groups excluding tert-OH is 3. The summed E-state index contributed by atoms with van der Waals surface area (Å²) in [4.78, 5) is 23.1. The minimum atomic E-state index is -0.456. The summed E-state index contributed by atoms with van der Waals surface area (Å²) < 4.78 is 11.5. The lowest BCUT2D eigenvalue weighted by molar-refractivity contribution is -0.145. The molecule has 0 radical (unpaired) electrons. The molecule has 0 aromatic carbocycles. The zero-order chi connectivity index (χ0) is 32.0. The highest BCUT2D eigenvalue weighted by atomic mass is 16.6. The predicted molar refractivity (Wildman–Crippen MR) is 176 cm³/mol. The molecule has 2 aliphatic heterocycles. The second-order valence-corrected chi connectivity index (χ2v) is 14.1. The van der Waals surface area contributed by atoms with Crippen molar-refractivity contribution < 1.29 is 34.4 Å². The Morgan fingerprint density at radius 1 is 0.705 bits per heavy atom. The SMILES string of the molecule is CCCCCCCCCCCC[C@@H](O)[C@H]1CC[C@H]([C@H](O)CCCCCC[C@H](O)CCCCC[C@@H]2CC(CC(C)=O)C(=O)O2)O1. The number of ketones is 1. The van der Waals surface area contributed by atoms with Gasteiger partial charge in [0, 0.05) is 6.42 Å². The molecule has 0 amide bonds. The van der Waals surface area contributed by atoms with E-state index in [-0.39, 0.29) is 42.1 Å². The molecule has 1 unspecified atom stereocenters. The number of esters is 1. The summed E-state index contributed by atoms with van der Waals surface area (Å²) in [5.41, 5.74) is 0. The number of rotatable bonds is 28. The van der Waals surface area contributed by atoms with Gasteiger partial charge in [-0.3, -0.25) is 4.79 Å². The number of unbranched alkanes of at least 4 members (excludes halogenated alkanes) is 14. The second kappa shape index (κ2) is 24.2. The Bertz CT molecular complexity index is 743. The van der Waals surface area contributed by atoms with Crippen molar-refractivity contribution >= 4 is 11.8 Å². The van der Waals surface area contributed by atoms with Gasteiger partial charge < -0.3 is 29.6 Å². The van der Waals surface area contributed by atoms with Gasteiger partial charge in [0.25, 0.3) is 0 Å². The van der Waals surface area contributed by atoms with Crippen LogP contribution in [0.2, 0.25) is 0 Å². The second-order valence-electron chi connectivity index (χ2n) is 14.1. The minimum Gasteiger partial charge on any atom is -0.462 e. The van der Waals surface area contributed by atoms with E-state index in [1.807, 2.05) is 0 Å². The summed E-state index contributed by atoms with van der Waals surface area (Å²) in [5.74, 6) is -0.438. The summed E-state index contributed by atoms with van der Waals surface area (Å²) in [6, 6.07) is 0. The molecular formula is C37H68O7. The smallest absolute Gasteiger partial charge is 0.309 e. The number of carbonyl (C=O) groups excluding carboxylic acids is 2. The average molecular weight is 625 g/mol. The van der Waals surface area contributed by atoms with Crippen LogP contribution in [0.15, 0.2) is 0 Å². The Balaban J connectivity index is 1.38. The maximum atomic E-state index is 11.8. The molecular weight excluding hydrogens is 556 g/mol. The maximum Gasteiger partial charge on any atom is 0.309 e. The zero-order valence-electron chi connectivity index (χ0n) is 28.4. The van der Waals surface area contributed by atoms with E-state index in [1.54, 1.807) is 0 Å². The standard InChI is InChI=1S/C37H68O7/c1-3-4-5-6-7-8-9-10-11-18-23-33(40)35-25-26-36(44-35)34(41)24-19-13-12-15-20-31(39)21-16-14-17-22-32-28-30(27-29(2)38)37(42)43-32/h30-36,39-41H,3-28H2,1-2H3/t30?,31-,32+,33+,34+,35+,36+/m0/s1. The molecule has 3 N–H and O–H groups in total. The molecule has 7 atom stereocenters. The summed E-state index contributed by atoms with van der Waals surface area (Å²) >= 11 is 0. The fourth-order valence-electron chi connectivity index (χ4n) is 7.04. The van der Waals surface area contributed by atoms with Gasteiger partial charge in [-0.1, -0.05) is 110 Å². The average Bonchev–Trinajstić information content (AvgIpc) is 3.62. The van der Waals surface area contributed by atoms with Crippen molar-refractivity contribution in [3.63, 3.8) is 0 Å². The van der Waals surface area contributed by atoms with Gasteiger partial charge in [-0.2, -0.15) is 0 Å². The van der Waals surface area contributed by atoms with Crippen molar-refractivity contribution in [3.05, 3.63) is 0 Å². The molecule has 2 saturated heterocycles. The summed E-state index contributed by atoms with van der Waals surface area (Å²) in [6.45, 7) is 3.78.